The highest BCUT2D eigenvalue weighted by Crippen LogP contribution is 2.52. The van der Waals surface area contributed by atoms with Crippen LogP contribution in [0, 0.1) is 23.7 Å². The summed E-state index contributed by atoms with van der Waals surface area (Å²) >= 11 is 3.37. The Hall–Kier alpha value is -2.68. The lowest BCUT2D eigenvalue weighted by Crippen LogP contribution is -2.28. The zero-order chi connectivity index (χ0) is 21.6. The van der Waals surface area contributed by atoms with E-state index in [1.54, 1.807) is 19.1 Å². The van der Waals surface area contributed by atoms with Crippen molar-refractivity contribution in [3.8, 4) is 11.5 Å². The number of allylic oxidation sites excluding steroid dienone is 2. The van der Waals surface area contributed by atoms with Gasteiger partial charge in [-0.1, -0.05) is 12.2 Å². The SMILES string of the molecule is CCOc1cc(C=NN2C(=O)[C@@H]3[C@H](C2=O)[C@H]2C=C[C@H]3C2)cc(Br)c1O[C@H](C)C(=O)O. The minimum Gasteiger partial charge on any atom is -0.490 e. The third kappa shape index (κ3) is 3.40. The van der Waals surface area contributed by atoms with Gasteiger partial charge in [-0.05, 0) is 65.7 Å². The lowest BCUT2D eigenvalue weighted by molar-refractivity contribution is -0.144. The van der Waals surface area contributed by atoms with Crippen LogP contribution in [-0.2, 0) is 14.4 Å². The molecule has 5 atom stereocenters. The number of carboxylic acids is 1. The van der Waals surface area contributed by atoms with Gasteiger partial charge in [-0.15, -0.1) is 0 Å². The number of rotatable bonds is 7. The first-order chi connectivity index (χ1) is 14.3. The highest BCUT2D eigenvalue weighted by Gasteiger charge is 2.59. The van der Waals surface area contributed by atoms with Gasteiger partial charge in [0.1, 0.15) is 0 Å². The second-order valence-corrected chi connectivity index (χ2v) is 8.45. The molecule has 1 N–H and O–H groups in total. The fraction of sp³-hybridized carbons (Fsp3) is 0.429. The lowest BCUT2D eigenvalue weighted by Gasteiger charge is -2.17. The van der Waals surface area contributed by atoms with E-state index in [0.29, 0.717) is 22.4 Å². The maximum Gasteiger partial charge on any atom is 0.344 e. The maximum atomic E-state index is 12.7. The molecule has 158 valence electrons. The molecule has 1 aromatic rings. The highest BCUT2D eigenvalue weighted by molar-refractivity contribution is 9.10. The van der Waals surface area contributed by atoms with Gasteiger partial charge in [0, 0.05) is 0 Å². The number of halogens is 1. The Bertz CT molecular complexity index is 944. The number of benzene rings is 1. The molecule has 0 spiro atoms. The fourth-order valence-electron chi connectivity index (χ4n) is 4.39. The molecule has 2 amide bonds. The van der Waals surface area contributed by atoms with Crippen LogP contribution in [0.3, 0.4) is 0 Å². The van der Waals surface area contributed by atoms with Gasteiger partial charge in [-0.2, -0.15) is 10.1 Å². The third-order valence-corrected chi connectivity index (χ3v) is 6.33. The van der Waals surface area contributed by atoms with Crippen molar-refractivity contribution in [2.24, 2.45) is 28.8 Å². The number of hydrogen-bond acceptors (Lipinski definition) is 6. The number of aliphatic carboxylic acids is 1. The van der Waals surface area contributed by atoms with Crippen LogP contribution in [0.15, 0.2) is 33.9 Å². The second kappa shape index (κ2) is 7.86. The molecule has 0 aromatic heterocycles. The van der Waals surface area contributed by atoms with E-state index in [-0.39, 0.29) is 41.2 Å². The Balaban J connectivity index is 1.57. The number of carbonyl (C=O) groups is 3. The summed E-state index contributed by atoms with van der Waals surface area (Å²) in [5, 5.41) is 14.2. The summed E-state index contributed by atoms with van der Waals surface area (Å²) in [6.07, 6.45) is 5.29. The van der Waals surface area contributed by atoms with Crippen molar-refractivity contribution in [3.63, 3.8) is 0 Å². The van der Waals surface area contributed by atoms with E-state index in [1.807, 2.05) is 12.2 Å². The Labute approximate surface area is 181 Å². The molecule has 3 aliphatic rings. The number of nitrogens with zero attached hydrogens (tertiary/aromatic N) is 2. The Morgan fingerprint density at radius 3 is 2.50 bits per heavy atom. The predicted molar refractivity (Wildman–Crippen MR) is 110 cm³/mol. The number of ether oxygens (including phenoxy) is 2. The van der Waals surface area contributed by atoms with Crippen LogP contribution in [0.4, 0.5) is 0 Å². The molecule has 1 saturated heterocycles. The fourth-order valence-corrected chi connectivity index (χ4v) is 4.94. The predicted octanol–water partition coefficient (Wildman–Crippen LogP) is 2.84. The zero-order valence-electron chi connectivity index (χ0n) is 16.4. The topological polar surface area (TPSA) is 106 Å². The van der Waals surface area contributed by atoms with Crippen molar-refractivity contribution in [2.75, 3.05) is 6.61 Å². The normalized spacial score (nSPS) is 27.8. The van der Waals surface area contributed by atoms with Crippen molar-refractivity contribution in [2.45, 2.75) is 26.4 Å². The standard InChI is InChI=1S/C21H21BrN2O6/c1-3-29-15-7-11(6-14(22)18(15)30-10(2)21(27)28)9-23-24-19(25)16-12-4-5-13(8-12)17(16)20(24)26/h4-7,9-10,12-13,16-17H,3,8H2,1-2H3,(H,27,28)/t10-,12+,13+,16-,17+/m1/s1. The van der Waals surface area contributed by atoms with Crippen molar-refractivity contribution >= 4 is 39.9 Å². The van der Waals surface area contributed by atoms with E-state index in [1.165, 1.54) is 13.1 Å². The largest absolute Gasteiger partial charge is 0.490 e. The highest BCUT2D eigenvalue weighted by atomic mass is 79.9. The van der Waals surface area contributed by atoms with E-state index >= 15 is 0 Å². The van der Waals surface area contributed by atoms with E-state index in [4.69, 9.17) is 14.6 Å². The number of carboxylic acid groups (broad SMARTS) is 1. The van der Waals surface area contributed by atoms with Gasteiger partial charge in [0.25, 0.3) is 11.8 Å². The Kier molecular flexibility index (Phi) is 5.40. The molecule has 1 aromatic carbocycles. The quantitative estimate of drug-likeness (QED) is 0.368. The molecule has 2 bridgehead atoms. The van der Waals surface area contributed by atoms with Gasteiger partial charge in [-0.25, -0.2) is 4.79 Å². The second-order valence-electron chi connectivity index (χ2n) is 7.59. The molecule has 0 unspecified atom stereocenters. The van der Waals surface area contributed by atoms with E-state index in [0.717, 1.165) is 11.4 Å². The van der Waals surface area contributed by atoms with E-state index in [9.17, 15) is 14.4 Å². The molecular weight excluding hydrogens is 456 g/mol. The monoisotopic (exact) mass is 476 g/mol. The molecule has 2 aliphatic carbocycles. The van der Waals surface area contributed by atoms with Crippen LogP contribution in [0.1, 0.15) is 25.8 Å². The lowest BCUT2D eigenvalue weighted by atomic mass is 9.85. The maximum absolute atomic E-state index is 12.7. The summed E-state index contributed by atoms with van der Waals surface area (Å²) in [6.45, 7) is 3.55. The molecule has 2 fully saturated rings. The first kappa shape index (κ1) is 20.6. The summed E-state index contributed by atoms with van der Waals surface area (Å²) in [5.41, 5.74) is 0.569. The molecule has 9 heteroatoms. The average Bonchev–Trinajstić information content (AvgIpc) is 3.37. The summed E-state index contributed by atoms with van der Waals surface area (Å²) in [6, 6.07) is 3.28. The van der Waals surface area contributed by atoms with Gasteiger partial charge >= 0.3 is 5.97 Å². The van der Waals surface area contributed by atoms with Gasteiger partial charge in [0.2, 0.25) is 0 Å². The molecule has 8 nitrogen and oxygen atoms in total. The van der Waals surface area contributed by atoms with Crippen LogP contribution in [0.25, 0.3) is 0 Å². The molecular formula is C21H21BrN2O6. The van der Waals surface area contributed by atoms with Crippen molar-refractivity contribution < 1.29 is 29.0 Å². The van der Waals surface area contributed by atoms with Crippen molar-refractivity contribution in [3.05, 3.63) is 34.3 Å². The zero-order valence-corrected chi connectivity index (χ0v) is 18.0. The van der Waals surface area contributed by atoms with Crippen LogP contribution in [0.5, 0.6) is 11.5 Å². The first-order valence-corrected chi connectivity index (χ1v) is 10.6. The van der Waals surface area contributed by atoms with E-state index < -0.39 is 12.1 Å². The smallest absolute Gasteiger partial charge is 0.344 e. The van der Waals surface area contributed by atoms with Crippen LogP contribution in [0.2, 0.25) is 0 Å². The minimum absolute atomic E-state index is 0.128. The Morgan fingerprint density at radius 2 is 1.93 bits per heavy atom. The van der Waals surface area contributed by atoms with Gasteiger partial charge < -0.3 is 14.6 Å². The minimum atomic E-state index is -1.10. The number of carbonyl (C=O) groups excluding carboxylic acids is 2. The third-order valence-electron chi connectivity index (χ3n) is 5.74. The molecule has 1 aliphatic heterocycles. The molecule has 1 heterocycles. The van der Waals surface area contributed by atoms with Crippen molar-refractivity contribution in [1.82, 2.24) is 5.01 Å². The number of amides is 2. The summed E-state index contributed by atoms with van der Waals surface area (Å²) in [5.74, 6) is -1.36. The number of imide groups is 1. The summed E-state index contributed by atoms with van der Waals surface area (Å²) < 4.78 is 11.6. The molecule has 4 rings (SSSR count). The van der Waals surface area contributed by atoms with Crippen LogP contribution >= 0.6 is 15.9 Å². The number of fused-ring (bicyclic) bond motifs is 5. The molecule has 0 radical (unpaired) electrons. The average molecular weight is 477 g/mol. The van der Waals surface area contributed by atoms with Gasteiger partial charge in [0.05, 0.1) is 29.1 Å². The Morgan fingerprint density at radius 1 is 1.30 bits per heavy atom. The summed E-state index contributed by atoms with van der Waals surface area (Å²) in [7, 11) is 0. The molecule has 30 heavy (non-hydrogen) atoms. The van der Waals surface area contributed by atoms with Crippen LogP contribution in [-0.4, -0.2) is 46.8 Å². The van der Waals surface area contributed by atoms with Crippen molar-refractivity contribution in [1.29, 1.82) is 0 Å². The van der Waals surface area contributed by atoms with E-state index in [2.05, 4.69) is 21.0 Å². The molecule has 1 saturated carbocycles. The summed E-state index contributed by atoms with van der Waals surface area (Å²) in [4.78, 5) is 36.6. The van der Waals surface area contributed by atoms with Gasteiger partial charge in [0.15, 0.2) is 17.6 Å². The van der Waals surface area contributed by atoms with Gasteiger partial charge in [-0.3, -0.25) is 9.59 Å². The number of hydrogen-bond donors (Lipinski definition) is 1. The first-order valence-electron chi connectivity index (χ1n) is 9.77. The van der Waals surface area contributed by atoms with Crippen LogP contribution < -0.4 is 9.47 Å². The number of hydrazone groups is 1.